The number of hydrogen-bond acceptors (Lipinski definition) is 3. The van der Waals surface area contributed by atoms with Gasteiger partial charge in [-0.15, -0.1) is 24.8 Å². The van der Waals surface area contributed by atoms with E-state index >= 15 is 0 Å². The molecule has 2 aliphatic heterocycles. The summed E-state index contributed by atoms with van der Waals surface area (Å²) in [5.74, 6) is 1.42. The number of anilines is 1. The first-order valence-corrected chi connectivity index (χ1v) is 9.51. The van der Waals surface area contributed by atoms with Crippen LogP contribution in [0.15, 0.2) is 24.3 Å². The third kappa shape index (κ3) is 5.91. The van der Waals surface area contributed by atoms with Crippen LogP contribution in [0.4, 0.5) is 5.69 Å². The monoisotopic (exact) mass is 421 g/mol. The molecule has 0 spiro atoms. The van der Waals surface area contributed by atoms with Crippen molar-refractivity contribution < 1.29 is 4.79 Å². The Bertz CT molecular complexity index is 559. The summed E-state index contributed by atoms with van der Waals surface area (Å²) in [5, 5.41) is 4.24. The molecular weight excluding hydrogens is 393 g/mol. The van der Waals surface area contributed by atoms with Crippen LogP contribution in [0.3, 0.4) is 0 Å². The Hall–Kier alpha value is -0.680. The van der Waals surface area contributed by atoms with E-state index in [-0.39, 0.29) is 24.8 Å². The highest BCUT2D eigenvalue weighted by Gasteiger charge is 2.26. The summed E-state index contributed by atoms with van der Waals surface area (Å²) in [7, 11) is 0. The molecule has 3 rings (SSSR count). The first-order chi connectivity index (χ1) is 11.6. The fourth-order valence-electron chi connectivity index (χ4n) is 3.84. The van der Waals surface area contributed by atoms with E-state index in [0.717, 1.165) is 50.0 Å². The molecule has 0 saturated carbocycles. The van der Waals surface area contributed by atoms with Gasteiger partial charge in [0, 0.05) is 32.6 Å². The molecular formula is C19H30Cl3N3O. The van der Waals surface area contributed by atoms with E-state index in [4.69, 9.17) is 11.6 Å². The van der Waals surface area contributed by atoms with Crippen LogP contribution in [0.1, 0.15) is 26.2 Å². The van der Waals surface area contributed by atoms with Gasteiger partial charge in [-0.3, -0.25) is 4.79 Å². The van der Waals surface area contributed by atoms with Gasteiger partial charge >= 0.3 is 0 Å². The molecule has 2 unspecified atom stereocenters. The van der Waals surface area contributed by atoms with E-state index in [1.165, 1.54) is 12.8 Å². The Morgan fingerprint density at radius 3 is 2.54 bits per heavy atom. The minimum atomic E-state index is 0. The number of piperidine rings is 1. The molecule has 148 valence electrons. The van der Waals surface area contributed by atoms with Gasteiger partial charge < -0.3 is 15.1 Å². The van der Waals surface area contributed by atoms with E-state index < -0.39 is 0 Å². The fourth-order valence-corrected chi connectivity index (χ4v) is 4.10. The molecule has 26 heavy (non-hydrogen) atoms. The predicted molar refractivity (Wildman–Crippen MR) is 114 cm³/mol. The molecule has 1 amide bonds. The fraction of sp³-hybridized carbons (Fsp3) is 0.632. The van der Waals surface area contributed by atoms with Gasteiger partial charge in [-0.05, 0) is 49.9 Å². The van der Waals surface area contributed by atoms with Crippen LogP contribution in [-0.4, -0.2) is 50.1 Å². The molecule has 2 atom stereocenters. The summed E-state index contributed by atoms with van der Waals surface area (Å²) in [5.41, 5.74) is 1.08. The minimum absolute atomic E-state index is 0. The maximum atomic E-state index is 12.6. The molecule has 1 aromatic rings. The number of piperazine rings is 1. The van der Waals surface area contributed by atoms with Gasteiger partial charge in [-0.2, -0.15) is 0 Å². The molecule has 2 heterocycles. The maximum Gasteiger partial charge on any atom is 0.222 e. The lowest BCUT2D eigenvalue weighted by Gasteiger charge is -2.37. The average Bonchev–Trinajstić information content (AvgIpc) is 2.63. The van der Waals surface area contributed by atoms with Gasteiger partial charge in [0.2, 0.25) is 5.91 Å². The highest BCUT2D eigenvalue weighted by Crippen LogP contribution is 2.27. The number of para-hydroxylation sites is 1. The normalized spacial score (nSPS) is 21.4. The smallest absolute Gasteiger partial charge is 0.222 e. The third-order valence-corrected chi connectivity index (χ3v) is 5.78. The second kappa shape index (κ2) is 11.2. The number of carbonyl (C=O) groups is 1. The molecule has 2 fully saturated rings. The lowest BCUT2D eigenvalue weighted by atomic mass is 9.85. The zero-order valence-corrected chi connectivity index (χ0v) is 17.7. The molecule has 4 nitrogen and oxygen atoms in total. The van der Waals surface area contributed by atoms with E-state index in [1.807, 2.05) is 23.1 Å². The zero-order valence-electron chi connectivity index (χ0n) is 15.3. The number of carbonyl (C=O) groups excluding carboxylic acids is 1. The van der Waals surface area contributed by atoms with Crippen molar-refractivity contribution in [1.29, 1.82) is 0 Å². The molecule has 1 N–H and O–H groups in total. The lowest BCUT2D eigenvalue weighted by Crippen LogP contribution is -2.49. The number of nitrogens with zero attached hydrogens (tertiary/aromatic N) is 2. The van der Waals surface area contributed by atoms with Crippen molar-refractivity contribution in [3.05, 3.63) is 29.3 Å². The molecule has 0 aromatic heterocycles. The Morgan fingerprint density at radius 1 is 1.23 bits per heavy atom. The molecule has 0 aliphatic carbocycles. The second-order valence-electron chi connectivity index (χ2n) is 7.11. The first kappa shape index (κ1) is 23.4. The van der Waals surface area contributed by atoms with Crippen molar-refractivity contribution in [1.82, 2.24) is 10.2 Å². The number of amides is 1. The van der Waals surface area contributed by atoms with Crippen molar-refractivity contribution in [2.75, 3.05) is 44.2 Å². The number of rotatable bonds is 4. The van der Waals surface area contributed by atoms with Crippen LogP contribution in [0.25, 0.3) is 0 Å². The van der Waals surface area contributed by atoms with Crippen LogP contribution in [-0.2, 0) is 4.79 Å². The third-order valence-electron chi connectivity index (χ3n) is 5.46. The Morgan fingerprint density at radius 2 is 1.92 bits per heavy atom. The van der Waals surface area contributed by atoms with Crippen molar-refractivity contribution in [2.24, 2.45) is 11.8 Å². The van der Waals surface area contributed by atoms with Crippen molar-refractivity contribution in [3.63, 3.8) is 0 Å². The average molecular weight is 423 g/mol. The Kier molecular flexibility index (Phi) is 10.1. The topological polar surface area (TPSA) is 35.6 Å². The summed E-state index contributed by atoms with van der Waals surface area (Å²) in [6.45, 7) is 7.72. The molecule has 0 bridgehead atoms. The number of nitrogens with one attached hydrogen (secondary N) is 1. The van der Waals surface area contributed by atoms with E-state index in [0.29, 0.717) is 24.2 Å². The quantitative estimate of drug-likeness (QED) is 0.800. The zero-order chi connectivity index (χ0) is 16.9. The van der Waals surface area contributed by atoms with E-state index in [2.05, 4.69) is 23.2 Å². The lowest BCUT2D eigenvalue weighted by molar-refractivity contribution is -0.132. The summed E-state index contributed by atoms with van der Waals surface area (Å²) in [6, 6.07) is 7.94. The molecule has 0 radical (unpaired) electrons. The van der Waals surface area contributed by atoms with Gasteiger partial charge in [0.05, 0.1) is 10.7 Å². The van der Waals surface area contributed by atoms with Crippen molar-refractivity contribution >= 4 is 48.0 Å². The van der Waals surface area contributed by atoms with Crippen molar-refractivity contribution in [3.8, 4) is 0 Å². The highest BCUT2D eigenvalue weighted by atomic mass is 35.5. The predicted octanol–water partition coefficient (Wildman–Crippen LogP) is 3.86. The largest absolute Gasteiger partial charge is 0.367 e. The van der Waals surface area contributed by atoms with Gasteiger partial charge in [-0.25, -0.2) is 0 Å². The number of benzene rings is 1. The molecule has 7 heteroatoms. The van der Waals surface area contributed by atoms with Crippen LogP contribution in [0, 0.1) is 11.8 Å². The second-order valence-corrected chi connectivity index (χ2v) is 7.51. The van der Waals surface area contributed by atoms with Crippen LogP contribution in [0.5, 0.6) is 0 Å². The van der Waals surface area contributed by atoms with Crippen LogP contribution < -0.4 is 10.2 Å². The number of halogens is 3. The van der Waals surface area contributed by atoms with Gasteiger partial charge in [0.15, 0.2) is 0 Å². The van der Waals surface area contributed by atoms with Crippen molar-refractivity contribution in [2.45, 2.75) is 26.2 Å². The summed E-state index contributed by atoms with van der Waals surface area (Å²) in [6.07, 6.45) is 3.17. The van der Waals surface area contributed by atoms with Gasteiger partial charge in [-0.1, -0.05) is 30.7 Å². The molecule has 2 aliphatic rings. The summed E-state index contributed by atoms with van der Waals surface area (Å²) < 4.78 is 0. The van der Waals surface area contributed by atoms with Gasteiger partial charge in [0.25, 0.3) is 0 Å². The summed E-state index contributed by atoms with van der Waals surface area (Å²) >= 11 is 6.28. The maximum absolute atomic E-state index is 12.6. The van der Waals surface area contributed by atoms with E-state index in [1.54, 1.807) is 0 Å². The summed E-state index contributed by atoms with van der Waals surface area (Å²) in [4.78, 5) is 16.9. The molecule has 2 saturated heterocycles. The first-order valence-electron chi connectivity index (χ1n) is 9.13. The van der Waals surface area contributed by atoms with E-state index in [9.17, 15) is 4.79 Å². The van der Waals surface area contributed by atoms with Crippen LogP contribution >= 0.6 is 36.4 Å². The Labute approximate surface area is 174 Å². The molecule has 1 aromatic carbocycles. The number of hydrogen-bond donors (Lipinski definition) is 1. The standard InChI is InChI=1S/C19H28ClN3O.2ClH/c1-15(16-5-4-8-21-14-16)13-19(24)23-11-9-22(10-12-23)18-7-3-2-6-17(18)20;;/h2-3,6-7,15-16,21H,4-5,8-14H2,1H3;2*1H. The van der Waals surface area contributed by atoms with Crippen LogP contribution in [0.2, 0.25) is 5.02 Å². The minimum Gasteiger partial charge on any atom is -0.367 e. The highest BCUT2D eigenvalue weighted by molar-refractivity contribution is 6.33. The SMILES string of the molecule is CC(CC(=O)N1CCN(c2ccccc2Cl)CC1)C1CCCNC1.Cl.Cl. The van der Waals surface area contributed by atoms with Gasteiger partial charge in [0.1, 0.15) is 0 Å². The Balaban J connectivity index is 0.00000169.